The summed E-state index contributed by atoms with van der Waals surface area (Å²) in [4.78, 5) is 12.9. The zero-order valence-corrected chi connectivity index (χ0v) is 18.7. The van der Waals surface area contributed by atoms with Gasteiger partial charge in [0, 0.05) is 23.8 Å². The van der Waals surface area contributed by atoms with Gasteiger partial charge < -0.3 is 10.1 Å². The van der Waals surface area contributed by atoms with Crippen molar-refractivity contribution in [2.24, 2.45) is 0 Å². The average Bonchev–Trinajstić information content (AvgIpc) is 2.74. The van der Waals surface area contributed by atoms with Crippen LogP contribution in [0.15, 0.2) is 47.4 Å². The molecule has 162 valence electrons. The molecule has 3 rings (SSSR count). The molecule has 1 saturated heterocycles. The zero-order chi connectivity index (χ0) is 21.7. The molecule has 1 atom stereocenters. The predicted molar refractivity (Wildman–Crippen MR) is 119 cm³/mol. The first-order chi connectivity index (χ1) is 14.3. The lowest BCUT2D eigenvalue weighted by Crippen LogP contribution is -2.41. The Balaban J connectivity index is 1.71. The van der Waals surface area contributed by atoms with Crippen molar-refractivity contribution in [1.29, 1.82) is 0 Å². The maximum atomic E-state index is 12.9. The van der Waals surface area contributed by atoms with E-state index in [2.05, 4.69) is 5.32 Å². The topological polar surface area (TPSA) is 75.7 Å². The highest BCUT2D eigenvalue weighted by atomic mass is 32.2. The van der Waals surface area contributed by atoms with E-state index in [1.807, 2.05) is 39.0 Å². The summed E-state index contributed by atoms with van der Waals surface area (Å²) in [6.07, 6.45) is 3.74. The summed E-state index contributed by atoms with van der Waals surface area (Å²) in [5.41, 5.74) is 2.00. The van der Waals surface area contributed by atoms with Gasteiger partial charge >= 0.3 is 0 Å². The normalized spacial score (nSPS) is 17.5. The number of benzene rings is 2. The fourth-order valence-corrected chi connectivity index (χ4v) is 5.32. The number of ether oxygens (including phenoxy) is 1. The molecule has 1 fully saturated rings. The summed E-state index contributed by atoms with van der Waals surface area (Å²) >= 11 is 0. The summed E-state index contributed by atoms with van der Waals surface area (Å²) < 4.78 is 33.0. The van der Waals surface area contributed by atoms with Crippen LogP contribution in [-0.4, -0.2) is 37.8 Å². The second-order valence-electron chi connectivity index (χ2n) is 7.76. The summed E-state index contributed by atoms with van der Waals surface area (Å²) in [6.45, 7) is 7.09. The first-order valence-corrected chi connectivity index (χ1v) is 11.9. The molecule has 0 saturated carbocycles. The third-order valence-corrected chi connectivity index (χ3v) is 7.41. The van der Waals surface area contributed by atoms with Crippen LogP contribution in [-0.2, 0) is 10.0 Å². The van der Waals surface area contributed by atoms with Gasteiger partial charge in [0.1, 0.15) is 5.75 Å². The number of hydrogen-bond acceptors (Lipinski definition) is 4. The standard InChI is InChI=1S/C23H30N2O4S/c1-4-15-29-20-10-13-22(17(2)16-20)24-23(26)19-8-11-21(12-9-19)30(27,28)25-14-6-5-7-18(25)3/h8-13,16,18H,4-7,14-15H2,1-3H3,(H,24,26). The van der Waals surface area contributed by atoms with E-state index < -0.39 is 10.0 Å². The number of anilines is 1. The molecule has 1 amide bonds. The largest absolute Gasteiger partial charge is 0.494 e. The summed E-state index contributed by atoms with van der Waals surface area (Å²) in [5, 5.41) is 2.88. The molecule has 0 aromatic heterocycles. The van der Waals surface area contributed by atoms with Crippen molar-refractivity contribution in [1.82, 2.24) is 4.31 Å². The van der Waals surface area contributed by atoms with Crippen molar-refractivity contribution in [2.45, 2.75) is 57.4 Å². The number of sulfonamides is 1. The van der Waals surface area contributed by atoms with Gasteiger partial charge in [-0.3, -0.25) is 4.79 Å². The van der Waals surface area contributed by atoms with Crippen LogP contribution >= 0.6 is 0 Å². The van der Waals surface area contributed by atoms with Crippen LogP contribution in [0.2, 0.25) is 0 Å². The SMILES string of the molecule is CCCOc1ccc(NC(=O)c2ccc(S(=O)(=O)N3CCCCC3C)cc2)c(C)c1. The average molecular weight is 431 g/mol. The van der Waals surface area contributed by atoms with Crippen molar-refractivity contribution in [3.05, 3.63) is 53.6 Å². The summed E-state index contributed by atoms with van der Waals surface area (Å²) in [7, 11) is -3.54. The van der Waals surface area contributed by atoms with Crippen molar-refractivity contribution < 1.29 is 17.9 Å². The van der Waals surface area contributed by atoms with E-state index in [1.165, 1.54) is 12.1 Å². The molecule has 30 heavy (non-hydrogen) atoms. The fraction of sp³-hybridized carbons (Fsp3) is 0.435. The Labute approximate surface area is 179 Å². The Bertz CT molecular complexity index is 987. The lowest BCUT2D eigenvalue weighted by Gasteiger charge is -2.32. The molecule has 1 aliphatic rings. The first kappa shape index (κ1) is 22.3. The number of carbonyl (C=O) groups excluding carboxylic acids is 1. The maximum absolute atomic E-state index is 12.9. The molecule has 2 aromatic carbocycles. The van der Waals surface area contributed by atoms with Crippen molar-refractivity contribution in [3.63, 3.8) is 0 Å². The number of piperidine rings is 1. The minimum Gasteiger partial charge on any atom is -0.494 e. The van der Waals surface area contributed by atoms with E-state index in [0.717, 1.165) is 37.0 Å². The van der Waals surface area contributed by atoms with E-state index >= 15 is 0 Å². The smallest absolute Gasteiger partial charge is 0.255 e. The number of carbonyl (C=O) groups is 1. The van der Waals surface area contributed by atoms with Gasteiger partial charge in [0.05, 0.1) is 11.5 Å². The zero-order valence-electron chi connectivity index (χ0n) is 17.8. The molecule has 6 nitrogen and oxygen atoms in total. The molecule has 1 unspecified atom stereocenters. The molecule has 2 aromatic rings. The van der Waals surface area contributed by atoms with Crippen LogP contribution in [0.1, 0.15) is 55.5 Å². The number of amides is 1. The quantitative estimate of drug-likeness (QED) is 0.697. The second-order valence-corrected chi connectivity index (χ2v) is 9.65. The molecule has 0 bridgehead atoms. The number of rotatable bonds is 7. The number of hydrogen-bond donors (Lipinski definition) is 1. The summed E-state index contributed by atoms with van der Waals surface area (Å²) in [5.74, 6) is 0.490. The van der Waals surface area contributed by atoms with Gasteiger partial charge in [-0.15, -0.1) is 0 Å². The molecule has 0 radical (unpaired) electrons. The molecule has 1 N–H and O–H groups in total. The molecular weight excluding hydrogens is 400 g/mol. The van der Waals surface area contributed by atoms with Crippen LogP contribution in [0.25, 0.3) is 0 Å². The predicted octanol–water partition coefficient (Wildman–Crippen LogP) is 4.60. The molecular formula is C23H30N2O4S. The van der Waals surface area contributed by atoms with Crippen LogP contribution in [0.5, 0.6) is 5.75 Å². The third-order valence-electron chi connectivity index (χ3n) is 5.38. The Morgan fingerprint density at radius 1 is 1.17 bits per heavy atom. The van der Waals surface area contributed by atoms with Crippen LogP contribution in [0, 0.1) is 6.92 Å². The van der Waals surface area contributed by atoms with Crippen molar-refractivity contribution in [2.75, 3.05) is 18.5 Å². The second kappa shape index (κ2) is 9.62. The van der Waals surface area contributed by atoms with Crippen LogP contribution < -0.4 is 10.1 Å². The number of nitrogens with zero attached hydrogens (tertiary/aromatic N) is 1. The van der Waals surface area contributed by atoms with E-state index in [0.29, 0.717) is 24.4 Å². The molecule has 7 heteroatoms. The van der Waals surface area contributed by atoms with Gasteiger partial charge in [-0.1, -0.05) is 13.3 Å². The van der Waals surface area contributed by atoms with E-state index in [9.17, 15) is 13.2 Å². The Hall–Kier alpha value is -2.38. The van der Waals surface area contributed by atoms with Gasteiger partial charge in [-0.2, -0.15) is 4.31 Å². The monoisotopic (exact) mass is 430 g/mol. The van der Waals surface area contributed by atoms with Crippen LogP contribution in [0.3, 0.4) is 0 Å². The Morgan fingerprint density at radius 3 is 2.53 bits per heavy atom. The van der Waals surface area contributed by atoms with Gasteiger partial charge in [0.2, 0.25) is 10.0 Å². The minimum absolute atomic E-state index is 0.000946. The van der Waals surface area contributed by atoms with Gasteiger partial charge in [-0.25, -0.2) is 8.42 Å². The van der Waals surface area contributed by atoms with Crippen molar-refractivity contribution >= 4 is 21.6 Å². The lowest BCUT2D eigenvalue weighted by molar-refractivity contribution is 0.102. The number of nitrogens with one attached hydrogen (secondary N) is 1. The van der Waals surface area contributed by atoms with Gasteiger partial charge in [0.25, 0.3) is 5.91 Å². The highest BCUT2D eigenvalue weighted by Crippen LogP contribution is 2.26. The van der Waals surface area contributed by atoms with Crippen molar-refractivity contribution in [3.8, 4) is 5.75 Å². The molecule has 0 aliphatic carbocycles. The molecule has 1 aliphatic heterocycles. The minimum atomic E-state index is -3.54. The third kappa shape index (κ3) is 5.02. The highest BCUT2D eigenvalue weighted by Gasteiger charge is 2.30. The van der Waals surface area contributed by atoms with Gasteiger partial charge in [0.15, 0.2) is 0 Å². The fourth-order valence-electron chi connectivity index (χ4n) is 3.62. The Morgan fingerprint density at radius 2 is 1.90 bits per heavy atom. The summed E-state index contributed by atoms with van der Waals surface area (Å²) in [6, 6.07) is 11.7. The van der Waals surface area contributed by atoms with Gasteiger partial charge in [-0.05, 0) is 81.1 Å². The molecule has 1 heterocycles. The number of aryl methyl sites for hydroxylation is 1. The molecule has 0 spiro atoms. The van der Waals surface area contributed by atoms with E-state index in [1.54, 1.807) is 16.4 Å². The van der Waals surface area contributed by atoms with E-state index in [-0.39, 0.29) is 16.8 Å². The lowest BCUT2D eigenvalue weighted by atomic mass is 10.1. The first-order valence-electron chi connectivity index (χ1n) is 10.5. The maximum Gasteiger partial charge on any atom is 0.255 e. The van der Waals surface area contributed by atoms with Crippen LogP contribution in [0.4, 0.5) is 5.69 Å². The highest BCUT2D eigenvalue weighted by molar-refractivity contribution is 7.89. The Kier molecular flexibility index (Phi) is 7.15. The van der Waals surface area contributed by atoms with E-state index in [4.69, 9.17) is 4.74 Å².